The number of hydrogen-bond acceptors (Lipinski definition) is 5. The normalized spacial score (nSPS) is 23.6. The van der Waals surface area contributed by atoms with E-state index >= 15 is 0 Å². The van der Waals surface area contributed by atoms with E-state index in [0.717, 1.165) is 19.1 Å². The van der Waals surface area contributed by atoms with E-state index in [1.807, 2.05) is 6.20 Å². The predicted octanol–water partition coefficient (Wildman–Crippen LogP) is 1.36. The number of piperazine rings is 1. The lowest BCUT2D eigenvalue weighted by Gasteiger charge is -2.48. The fraction of sp³-hybridized carbons (Fsp3) is 0.769. The molecule has 2 aliphatic rings. The molecule has 3 rings (SSSR count). The summed E-state index contributed by atoms with van der Waals surface area (Å²) in [5.41, 5.74) is 0. The van der Waals surface area contributed by atoms with Crippen LogP contribution < -0.4 is 4.90 Å². The van der Waals surface area contributed by atoms with Gasteiger partial charge in [-0.2, -0.15) is 0 Å². The SMILES string of the molecule is CC(C)N1CCN(C2CN(c3nccs3)C2)CC1. The third kappa shape index (κ3) is 2.39. The molecule has 0 atom stereocenters. The van der Waals surface area contributed by atoms with Crippen LogP contribution in [-0.2, 0) is 0 Å². The fourth-order valence-corrected chi connectivity index (χ4v) is 3.50. The summed E-state index contributed by atoms with van der Waals surface area (Å²) in [7, 11) is 0. The van der Waals surface area contributed by atoms with E-state index in [-0.39, 0.29) is 0 Å². The van der Waals surface area contributed by atoms with Gasteiger partial charge in [0.15, 0.2) is 5.13 Å². The van der Waals surface area contributed by atoms with E-state index in [2.05, 4.69) is 38.9 Å². The van der Waals surface area contributed by atoms with Gasteiger partial charge in [-0.15, -0.1) is 11.3 Å². The maximum absolute atomic E-state index is 4.37. The van der Waals surface area contributed by atoms with Gasteiger partial charge in [0.2, 0.25) is 0 Å². The minimum Gasteiger partial charge on any atom is -0.345 e. The summed E-state index contributed by atoms with van der Waals surface area (Å²) in [6.45, 7) is 11.8. The van der Waals surface area contributed by atoms with Crippen LogP contribution in [0.25, 0.3) is 0 Å². The summed E-state index contributed by atoms with van der Waals surface area (Å²) in [4.78, 5) is 12.0. The number of anilines is 1. The van der Waals surface area contributed by atoms with Gasteiger partial charge in [0, 0.05) is 62.9 Å². The third-order valence-electron chi connectivity index (χ3n) is 4.15. The Hall–Kier alpha value is -0.650. The standard InChI is InChI=1S/C13H22N4S/c1-11(2)15-4-6-16(7-5-15)12-9-17(10-12)13-14-3-8-18-13/h3,8,11-12H,4-7,9-10H2,1-2H3. The van der Waals surface area contributed by atoms with E-state index < -0.39 is 0 Å². The molecule has 0 aliphatic carbocycles. The van der Waals surface area contributed by atoms with Crippen molar-refractivity contribution in [3.8, 4) is 0 Å². The van der Waals surface area contributed by atoms with E-state index in [4.69, 9.17) is 0 Å². The van der Waals surface area contributed by atoms with Crippen molar-refractivity contribution >= 4 is 16.5 Å². The molecule has 0 unspecified atom stereocenters. The lowest BCUT2D eigenvalue weighted by molar-refractivity contribution is 0.0678. The zero-order chi connectivity index (χ0) is 12.5. The fourth-order valence-electron chi connectivity index (χ4n) is 2.83. The van der Waals surface area contributed by atoms with Crippen LogP contribution in [0.1, 0.15) is 13.8 Å². The highest BCUT2D eigenvalue weighted by atomic mass is 32.1. The molecule has 2 fully saturated rings. The first kappa shape index (κ1) is 12.4. The van der Waals surface area contributed by atoms with Gasteiger partial charge in [0.05, 0.1) is 0 Å². The molecule has 0 bridgehead atoms. The monoisotopic (exact) mass is 266 g/mol. The minimum atomic E-state index is 0.695. The summed E-state index contributed by atoms with van der Waals surface area (Å²) in [5, 5.41) is 3.25. The second kappa shape index (κ2) is 5.15. The Labute approximate surface area is 113 Å². The van der Waals surface area contributed by atoms with Crippen molar-refractivity contribution in [1.82, 2.24) is 14.8 Å². The molecule has 0 N–H and O–H groups in total. The maximum atomic E-state index is 4.37. The maximum Gasteiger partial charge on any atom is 0.185 e. The summed E-state index contributed by atoms with van der Waals surface area (Å²) < 4.78 is 0. The number of nitrogens with zero attached hydrogens (tertiary/aromatic N) is 4. The molecule has 0 radical (unpaired) electrons. The molecular formula is C13H22N4S. The van der Waals surface area contributed by atoms with Crippen LogP contribution in [0.15, 0.2) is 11.6 Å². The lowest BCUT2D eigenvalue weighted by atomic mass is 10.1. The van der Waals surface area contributed by atoms with Crippen LogP contribution in [0.3, 0.4) is 0 Å². The van der Waals surface area contributed by atoms with Crippen molar-refractivity contribution in [1.29, 1.82) is 0 Å². The smallest absolute Gasteiger partial charge is 0.185 e. The zero-order valence-corrected chi connectivity index (χ0v) is 12.1. The largest absolute Gasteiger partial charge is 0.345 e. The predicted molar refractivity (Wildman–Crippen MR) is 76.4 cm³/mol. The van der Waals surface area contributed by atoms with Crippen molar-refractivity contribution in [2.75, 3.05) is 44.2 Å². The van der Waals surface area contributed by atoms with Gasteiger partial charge in [0.1, 0.15) is 0 Å². The molecule has 0 spiro atoms. The Bertz CT molecular complexity index is 364. The third-order valence-corrected chi connectivity index (χ3v) is 4.98. The first-order valence-electron chi connectivity index (χ1n) is 6.86. The summed E-state index contributed by atoms with van der Waals surface area (Å²) in [6, 6.07) is 1.45. The van der Waals surface area contributed by atoms with E-state index in [1.165, 1.54) is 31.3 Å². The summed E-state index contributed by atoms with van der Waals surface area (Å²) in [5.74, 6) is 0. The number of rotatable bonds is 3. The van der Waals surface area contributed by atoms with Gasteiger partial charge in [-0.1, -0.05) is 0 Å². The molecule has 5 heteroatoms. The minimum absolute atomic E-state index is 0.695. The average Bonchev–Trinajstić information content (AvgIpc) is 2.81. The molecule has 2 aliphatic heterocycles. The van der Waals surface area contributed by atoms with Crippen LogP contribution in [0.2, 0.25) is 0 Å². The molecule has 4 nitrogen and oxygen atoms in total. The molecule has 2 saturated heterocycles. The highest BCUT2D eigenvalue weighted by Crippen LogP contribution is 2.26. The number of thiazole rings is 1. The van der Waals surface area contributed by atoms with Gasteiger partial charge in [0.25, 0.3) is 0 Å². The zero-order valence-electron chi connectivity index (χ0n) is 11.2. The van der Waals surface area contributed by atoms with Gasteiger partial charge >= 0.3 is 0 Å². The topological polar surface area (TPSA) is 22.6 Å². The first-order valence-corrected chi connectivity index (χ1v) is 7.74. The molecule has 0 amide bonds. The van der Waals surface area contributed by atoms with E-state index in [0.29, 0.717) is 6.04 Å². The molecule has 3 heterocycles. The molecule has 18 heavy (non-hydrogen) atoms. The van der Waals surface area contributed by atoms with E-state index in [9.17, 15) is 0 Å². The van der Waals surface area contributed by atoms with Gasteiger partial charge in [-0.25, -0.2) is 4.98 Å². The Kier molecular flexibility index (Phi) is 3.54. The Morgan fingerprint density at radius 1 is 1.22 bits per heavy atom. The van der Waals surface area contributed by atoms with Crippen molar-refractivity contribution in [2.24, 2.45) is 0 Å². The van der Waals surface area contributed by atoms with Crippen LogP contribution in [0, 0.1) is 0 Å². The Morgan fingerprint density at radius 2 is 1.94 bits per heavy atom. The van der Waals surface area contributed by atoms with Crippen molar-refractivity contribution < 1.29 is 0 Å². The summed E-state index contributed by atoms with van der Waals surface area (Å²) >= 11 is 1.75. The molecular weight excluding hydrogens is 244 g/mol. The van der Waals surface area contributed by atoms with Crippen molar-refractivity contribution in [2.45, 2.75) is 25.9 Å². The lowest BCUT2D eigenvalue weighted by Crippen LogP contribution is -2.63. The van der Waals surface area contributed by atoms with Crippen molar-refractivity contribution in [3.63, 3.8) is 0 Å². The van der Waals surface area contributed by atoms with Crippen LogP contribution in [0.5, 0.6) is 0 Å². The summed E-state index contributed by atoms with van der Waals surface area (Å²) in [6.07, 6.45) is 1.90. The van der Waals surface area contributed by atoms with Gasteiger partial charge in [-0.3, -0.25) is 9.80 Å². The number of aromatic nitrogens is 1. The van der Waals surface area contributed by atoms with Crippen LogP contribution >= 0.6 is 11.3 Å². The van der Waals surface area contributed by atoms with Crippen LogP contribution in [0.4, 0.5) is 5.13 Å². The van der Waals surface area contributed by atoms with Crippen molar-refractivity contribution in [3.05, 3.63) is 11.6 Å². The second-order valence-electron chi connectivity index (χ2n) is 5.54. The average molecular weight is 266 g/mol. The van der Waals surface area contributed by atoms with Crippen LogP contribution in [-0.4, -0.2) is 66.1 Å². The quantitative estimate of drug-likeness (QED) is 0.824. The van der Waals surface area contributed by atoms with Gasteiger partial charge < -0.3 is 4.90 Å². The van der Waals surface area contributed by atoms with Gasteiger partial charge in [-0.05, 0) is 13.8 Å². The highest BCUT2D eigenvalue weighted by molar-refractivity contribution is 7.13. The molecule has 1 aromatic rings. The Balaban J connectivity index is 1.46. The number of hydrogen-bond donors (Lipinski definition) is 0. The molecule has 1 aromatic heterocycles. The van der Waals surface area contributed by atoms with E-state index in [1.54, 1.807) is 11.3 Å². The molecule has 100 valence electrons. The molecule has 0 aromatic carbocycles. The second-order valence-corrected chi connectivity index (χ2v) is 6.41. The highest BCUT2D eigenvalue weighted by Gasteiger charge is 2.34. The molecule has 0 saturated carbocycles. The Morgan fingerprint density at radius 3 is 2.50 bits per heavy atom. The first-order chi connectivity index (χ1) is 8.74.